The molecular formula is C10H7BrN2OS. The summed E-state index contributed by atoms with van der Waals surface area (Å²) in [6.07, 6.45) is 1.77. The molecule has 0 saturated carbocycles. The molecule has 2 rings (SSSR count). The van der Waals surface area contributed by atoms with Gasteiger partial charge in [-0.2, -0.15) is 0 Å². The maximum absolute atomic E-state index is 11.3. The highest BCUT2D eigenvalue weighted by molar-refractivity contribution is 9.10. The summed E-state index contributed by atoms with van der Waals surface area (Å²) in [5.74, 6) is -0.204. The predicted octanol–water partition coefficient (Wildman–Crippen LogP) is 2.59. The number of thioether (sulfide) groups is 1. The number of carbonyl (C=O) groups is 1. The lowest BCUT2D eigenvalue weighted by atomic mass is 10.2. The summed E-state index contributed by atoms with van der Waals surface area (Å²) >= 11 is 4.50. The molecular weight excluding hydrogens is 276 g/mol. The van der Waals surface area contributed by atoms with E-state index in [4.69, 9.17) is 5.41 Å². The molecule has 1 aliphatic rings. The van der Waals surface area contributed by atoms with Crippen molar-refractivity contribution in [2.24, 2.45) is 0 Å². The average Bonchev–Trinajstić information content (AvgIpc) is 2.45. The SMILES string of the molecule is N=C1NC(=O)/C(=C/c2cccc(Br)c2)S1. The van der Waals surface area contributed by atoms with Gasteiger partial charge in [0.05, 0.1) is 4.91 Å². The van der Waals surface area contributed by atoms with Crippen molar-refractivity contribution in [2.45, 2.75) is 0 Å². The molecule has 0 unspecified atom stereocenters. The van der Waals surface area contributed by atoms with Crippen LogP contribution < -0.4 is 5.32 Å². The van der Waals surface area contributed by atoms with Crippen molar-refractivity contribution in [1.29, 1.82) is 5.41 Å². The van der Waals surface area contributed by atoms with Gasteiger partial charge in [-0.25, -0.2) is 0 Å². The van der Waals surface area contributed by atoms with E-state index in [1.165, 1.54) is 0 Å². The monoisotopic (exact) mass is 282 g/mol. The van der Waals surface area contributed by atoms with Crippen molar-refractivity contribution < 1.29 is 4.79 Å². The molecule has 1 aromatic rings. The van der Waals surface area contributed by atoms with Gasteiger partial charge < -0.3 is 5.32 Å². The van der Waals surface area contributed by atoms with Crippen molar-refractivity contribution in [1.82, 2.24) is 5.32 Å². The van der Waals surface area contributed by atoms with Gasteiger partial charge in [0.1, 0.15) is 0 Å². The maximum atomic E-state index is 11.3. The third kappa shape index (κ3) is 2.49. The fourth-order valence-electron chi connectivity index (χ4n) is 1.19. The lowest BCUT2D eigenvalue weighted by Gasteiger charge is -1.95. The number of nitrogens with one attached hydrogen (secondary N) is 2. The second-order valence-electron chi connectivity index (χ2n) is 2.95. The quantitative estimate of drug-likeness (QED) is 0.778. The minimum Gasteiger partial charge on any atom is -0.301 e. The Kier molecular flexibility index (Phi) is 2.93. The summed E-state index contributed by atoms with van der Waals surface area (Å²) in [5.41, 5.74) is 0.941. The first-order valence-electron chi connectivity index (χ1n) is 4.20. The van der Waals surface area contributed by atoms with E-state index in [9.17, 15) is 4.79 Å². The van der Waals surface area contributed by atoms with Crippen LogP contribution in [0.2, 0.25) is 0 Å². The fraction of sp³-hybridized carbons (Fsp3) is 0. The van der Waals surface area contributed by atoms with E-state index in [2.05, 4.69) is 21.2 Å². The largest absolute Gasteiger partial charge is 0.301 e. The molecule has 0 spiro atoms. The van der Waals surface area contributed by atoms with Crippen molar-refractivity contribution in [3.63, 3.8) is 0 Å². The molecule has 5 heteroatoms. The molecule has 3 nitrogen and oxygen atoms in total. The standard InChI is InChI=1S/C10H7BrN2OS/c11-7-3-1-2-6(4-7)5-8-9(14)13-10(12)15-8/h1-5H,(H2,12,13,14)/b8-5-. The van der Waals surface area contributed by atoms with Crippen LogP contribution in [0.3, 0.4) is 0 Å². The predicted molar refractivity (Wildman–Crippen MR) is 65.6 cm³/mol. The molecule has 0 radical (unpaired) electrons. The minimum atomic E-state index is -0.204. The molecule has 0 bridgehead atoms. The van der Waals surface area contributed by atoms with Crippen LogP contribution in [0.1, 0.15) is 5.56 Å². The molecule has 15 heavy (non-hydrogen) atoms. The number of rotatable bonds is 1. The van der Waals surface area contributed by atoms with Crippen LogP contribution in [0.15, 0.2) is 33.6 Å². The first-order valence-corrected chi connectivity index (χ1v) is 5.81. The Labute approximate surface area is 99.6 Å². The highest BCUT2D eigenvalue weighted by Crippen LogP contribution is 2.25. The molecule has 1 heterocycles. The van der Waals surface area contributed by atoms with E-state index in [1.807, 2.05) is 24.3 Å². The zero-order chi connectivity index (χ0) is 10.8. The van der Waals surface area contributed by atoms with Gasteiger partial charge in [-0.1, -0.05) is 28.1 Å². The van der Waals surface area contributed by atoms with Crippen LogP contribution in [0, 0.1) is 5.41 Å². The average molecular weight is 283 g/mol. The first kappa shape index (κ1) is 10.4. The summed E-state index contributed by atoms with van der Waals surface area (Å²) in [5, 5.41) is 9.91. The zero-order valence-corrected chi connectivity index (χ0v) is 9.98. The van der Waals surface area contributed by atoms with Crippen molar-refractivity contribution in [3.8, 4) is 0 Å². The van der Waals surface area contributed by atoms with Gasteiger partial charge in [-0.15, -0.1) is 0 Å². The van der Waals surface area contributed by atoms with Crippen LogP contribution >= 0.6 is 27.7 Å². The van der Waals surface area contributed by atoms with Crippen molar-refractivity contribution >= 4 is 44.8 Å². The van der Waals surface area contributed by atoms with Gasteiger partial charge in [0, 0.05) is 4.47 Å². The number of hydrogen-bond acceptors (Lipinski definition) is 3. The summed E-state index contributed by atoms with van der Waals surface area (Å²) in [6, 6.07) is 7.65. The Balaban J connectivity index is 2.31. The van der Waals surface area contributed by atoms with Crippen LogP contribution in [0.5, 0.6) is 0 Å². The normalized spacial score (nSPS) is 18.3. The molecule has 1 saturated heterocycles. The third-order valence-electron chi connectivity index (χ3n) is 1.81. The molecule has 1 aromatic carbocycles. The highest BCUT2D eigenvalue weighted by atomic mass is 79.9. The van der Waals surface area contributed by atoms with Crippen LogP contribution in [-0.4, -0.2) is 11.1 Å². The molecule has 1 aliphatic heterocycles. The Bertz CT molecular complexity index is 470. The summed E-state index contributed by atoms with van der Waals surface area (Å²) in [4.78, 5) is 11.9. The van der Waals surface area contributed by atoms with E-state index < -0.39 is 0 Å². The number of amides is 1. The Morgan fingerprint density at radius 2 is 2.27 bits per heavy atom. The summed E-state index contributed by atoms with van der Waals surface area (Å²) in [7, 11) is 0. The van der Waals surface area contributed by atoms with Crippen LogP contribution in [-0.2, 0) is 4.79 Å². The molecule has 76 valence electrons. The van der Waals surface area contributed by atoms with E-state index in [0.717, 1.165) is 21.8 Å². The summed E-state index contributed by atoms with van der Waals surface area (Å²) in [6.45, 7) is 0. The van der Waals surface area contributed by atoms with E-state index in [0.29, 0.717) is 4.91 Å². The number of halogens is 1. The van der Waals surface area contributed by atoms with Gasteiger partial charge in [0.2, 0.25) is 0 Å². The van der Waals surface area contributed by atoms with Crippen LogP contribution in [0.25, 0.3) is 6.08 Å². The van der Waals surface area contributed by atoms with Crippen LogP contribution in [0.4, 0.5) is 0 Å². The van der Waals surface area contributed by atoms with Gasteiger partial charge in [0.15, 0.2) is 5.17 Å². The lowest BCUT2D eigenvalue weighted by molar-refractivity contribution is -0.115. The Morgan fingerprint density at radius 3 is 2.87 bits per heavy atom. The number of hydrogen-bond donors (Lipinski definition) is 2. The number of carbonyl (C=O) groups excluding carboxylic acids is 1. The van der Waals surface area contributed by atoms with E-state index in [1.54, 1.807) is 6.08 Å². The van der Waals surface area contributed by atoms with Gasteiger partial charge in [-0.3, -0.25) is 10.2 Å². The van der Waals surface area contributed by atoms with Gasteiger partial charge in [-0.05, 0) is 35.5 Å². The van der Waals surface area contributed by atoms with Gasteiger partial charge >= 0.3 is 0 Å². The first-order chi connectivity index (χ1) is 7.15. The topological polar surface area (TPSA) is 53.0 Å². The maximum Gasteiger partial charge on any atom is 0.264 e. The lowest BCUT2D eigenvalue weighted by Crippen LogP contribution is -2.18. The van der Waals surface area contributed by atoms with E-state index >= 15 is 0 Å². The second-order valence-corrected chi connectivity index (χ2v) is 4.92. The molecule has 1 fully saturated rings. The molecule has 2 N–H and O–H groups in total. The third-order valence-corrected chi connectivity index (χ3v) is 3.13. The Hall–Kier alpha value is -1.07. The van der Waals surface area contributed by atoms with Crippen molar-refractivity contribution in [3.05, 3.63) is 39.2 Å². The molecule has 1 amide bonds. The number of amidine groups is 1. The fourth-order valence-corrected chi connectivity index (χ4v) is 2.31. The highest BCUT2D eigenvalue weighted by Gasteiger charge is 2.21. The Morgan fingerprint density at radius 1 is 1.47 bits per heavy atom. The van der Waals surface area contributed by atoms with Crippen molar-refractivity contribution in [2.75, 3.05) is 0 Å². The minimum absolute atomic E-state index is 0.182. The zero-order valence-electron chi connectivity index (χ0n) is 7.58. The molecule has 0 aromatic heterocycles. The molecule has 0 atom stereocenters. The number of benzene rings is 1. The smallest absolute Gasteiger partial charge is 0.264 e. The summed E-state index contributed by atoms with van der Waals surface area (Å²) < 4.78 is 0.968. The van der Waals surface area contributed by atoms with E-state index in [-0.39, 0.29) is 11.1 Å². The second kappa shape index (κ2) is 4.20. The van der Waals surface area contributed by atoms with Gasteiger partial charge in [0.25, 0.3) is 5.91 Å². The molecule has 0 aliphatic carbocycles.